The third-order valence-electron chi connectivity index (χ3n) is 3.24. The average molecular weight is 225 g/mol. The van der Waals surface area contributed by atoms with Crippen molar-refractivity contribution >= 4 is 0 Å². The van der Waals surface area contributed by atoms with E-state index in [1.54, 1.807) is 18.2 Å². The van der Waals surface area contributed by atoms with Crippen LogP contribution < -0.4 is 5.32 Å². The maximum Gasteiger partial charge on any atom is 0.129 e. The van der Waals surface area contributed by atoms with Crippen LogP contribution >= 0.6 is 0 Å². The van der Waals surface area contributed by atoms with Crippen LogP contribution in [0.1, 0.15) is 31.0 Å². The van der Waals surface area contributed by atoms with Gasteiger partial charge in [0, 0.05) is 5.56 Å². The summed E-state index contributed by atoms with van der Waals surface area (Å²) in [6, 6.07) is 6.15. The van der Waals surface area contributed by atoms with E-state index < -0.39 is 12.0 Å². The van der Waals surface area contributed by atoms with Gasteiger partial charge in [0.2, 0.25) is 0 Å². The highest BCUT2D eigenvalue weighted by atomic mass is 19.1. The van der Waals surface area contributed by atoms with Crippen LogP contribution in [-0.2, 0) is 0 Å². The summed E-state index contributed by atoms with van der Waals surface area (Å²) in [5.74, 6) is -0.0419. The zero-order valence-corrected chi connectivity index (χ0v) is 9.26. The van der Waals surface area contributed by atoms with E-state index in [2.05, 4.69) is 5.32 Å². The van der Waals surface area contributed by atoms with Crippen LogP contribution in [-0.4, -0.2) is 13.1 Å². The predicted molar refractivity (Wildman–Crippen MR) is 60.5 cm³/mol. The maximum atomic E-state index is 13.9. The Labute approximate surface area is 94.9 Å². The summed E-state index contributed by atoms with van der Waals surface area (Å²) in [4.78, 5) is 0. The van der Waals surface area contributed by atoms with E-state index in [1.165, 1.54) is 6.07 Å². The summed E-state index contributed by atoms with van der Waals surface area (Å²) in [5.41, 5.74) is 0.209. The molecule has 0 amide bonds. The quantitative estimate of drug-likeness (QED) is 0.832. The molecule has 3 heteroatoms. The van der Waals surface area contributed by atoms with E-state index in [0.29, 0.717) is 12.3 Å². The van der Waals surface area contributed by atoms with Crippen molar-refractivity contribution in [2.24, 2.45) is 5.92 Å². The first-order chi connectivity index (χ1) is 7.77. The molecule has 1 N–H and O–H groups in total. The summed E-state index contributed by atoms with van der Waals surface area (Å²) in [6.45, 7) is 1.91. The summed E-state index contributed by atoms with van der Waals surface area (Å²) in [5, 5.41) is 3.24. The van der Waals surface area contributed by atoms with Crippen molar-refractivity contribution in [2.45, 2.75) is 25.4 Å². The minimum atomic E-state index is -1.16. The molecule has 0 spiro atoms. The molecule has 1 aromatic rings. The summed E-state index contributed by atoms with van der Waals surface area (Å²) in [6.07, 6.45) is 1.27. The Morgan fingerprint density at radius 3 is 2.62 bits per heavy atom. The van der Waals surface area contributed by atoms with Gasteiger partial charge >= 0.3 is 0 Å². The molecular weight excluding hydrogens is 208 g/mol. The lowest BCUT2D eigenvalue weighted by molar-refractivity contribution is 0.235. The van der Waals surface area contributed by atoms with Crippen molar-refractivity contribution in [1.29, 1.82) is 0 Å². The van der Waals surface area contributed by atoms with Crippen molar-refractivity contribution < 1.29 is 8.78 Å². The van der Waals surface area contributed by atoms with Crippen LogP contribution in [0, 0.1) is 11.7 Å². The van der Waals surface area contributed by atoms with Crippen LogP contribution in [0.4, 0.5) is 8.78 Å². The predicted octanol–water partition coefficient (Wildman–Crippen LogP) is 3.23. The molecule has 1 aliphatic rings. The Bertz CT molecular complexity index is 334. The Morgan fingerprint density at radius 2 is 1.94 bits per heavy atom. The second-order valence-electron chi connectivity index (χ2n) is 4.42. The van der Waals surface area contributed by atoms with Gasteiger partial charge in [0.25, 0.3) is 0 Å². The molecule has 0 aliphatic carbocycles. The van der Waals surface area contributed by atoms with Gasteiger partial charge in [0.1, 0.15) is 12.0 Å². The van der Waals surface area contributed by atoms with Gasteiger partial charge in [-0.3, -0.25) is 0 Å². The third kappa shape index (κ3) is 2.79. The lowest BCUT2D eigenvalue weighted by Crippen LogP contribution is -2.28. The van der Waals surface area contributed by atoms with E-state index in [1.807, 2.05) is 0 Å². The monoisotopic (exact) mass is 225 g/mol. The Morgan fingerprint density at radius 1 is 1.25 bits per heavy atom. The number of alkyl halides is 1. The first kappa shape index (κ1) is 11.5. The fourth-order valence-electron chi connectivity index (χ4n) is 2.27. The number of hydrogen-bond acceptors (Lipinski definition) is 1. The maximum absolute atomic E-state index is 13.9. The fraction of sp³-hybridized carbons (Fsp3) is 0.538. The Kier molecular flexibility index (Phi) is 3.88. The number of piperidine rings is 1. The Balaban J connectivity index is 1.96. The van der Waals surface area contributed by atoms with Crippen LogP contribution in [0.25, 0.3) is 0 Å². The molecule has 0 radical (unpaired) electrons. The topological polar surface area (TPSA) is 12.0 Å². The molecule has 0 bridgehead atoms. The number of benzene rings is 1. The lowest BCUT2D eigenvalue weighted by atomic mass is 9.90. The largest absolute Gasteiger partial charge is 0.317 e. The first-order valence-electron chi connectivity index (χ1n) is 5.86. The molecule has 1 nitrogen and oxygen atoms in total. The average Bonchev–Trinajstić information content (AvgIpc) is 2.31. The minimum Gasteiger partial charge on any atom is -0.317 e. The molecule has 1 atom stereocenters. The van der Waals surface area contributed by atoms with Crippen LogP contribution in [0.15, 0.2) is 24.3 Å². The van der Waals surface area contributed by atoms with Crippen molar-refractivity contribution in [1.82, 2.24) is 5.32 Å². The highest BCUT2D eigenvalue weighted by Gasteiger charge is 2.21. The SMILES string of the molecule is Fc1ccccc1C(F)CC1CCNCC1. The number of hydrogen-bond donors (Lipinski definition) is 1. The molecule has 16 heavy (non-hydrogen) atoms. The Hall–Kier alpha value is -0.960. The van der Waals surface area contributed by atoms with Gasteiger partial charge < -0.3 is 5.32 Å². The van der Waals surface area contributed by atoms with Crippen molar-refractivity contribution in [3.05, 3.63) is 35.6 Å². The number of halogens is 2. The lowest BCUT2D eigenvalue weighted by Gasteiger charge is -2.24. The molecule has 1 heterocycles. The molecule has 1 aliphatic heterocycles. The minimum absolute atomic E-state index is 0.209. The van der Waals surface area contributed by atoms with Gasteiger partial charge in [-0.25, -0.2) is 8.78 Å². The fourth-order valence-corrected chi connectivity index (χ4v) is 2.27. The highest BCUT2D eigenvalue weighted by molar-refractivity contribution is 5.19. The van der Waals surface area contributed by atoms with Crippen molar-refractivity contribution in [3.63, 3.8) is 0 Å². The van der Waals surface area contributed by atoms with Crippen LogP contribution in [0.3, 0.4) is 0 Å². The molecule has 88 valence electrons. The van der Waals surface area contributed by atoms with E-state index in [-0.39, 0.29) is 5.56 Å². The second kappa shape index (κ2) is 5.39. The summed E-state index contributed by atoms with van der Waals surface area (Å²) >= 11 is 0. The normalized spacial score (nSPS) is 19.6. The van der Waals surface area contributed by atoms with Crippen LogP contribution in [0.2, 0.25) is 0 Å². The molecule has 1 saturated heterocycles. The van der Waals surface area contributed by atoms with Crippen molar-refractivity contribution in [3.8, 4) is 0 Å². The molecule has 0 saturated carbocycles. The van der Waals surface area contributed by atoms with E-state index in [0.717, 1.165) is 25.9 Å². The summed E-state index contributed by atoms with van der Waals surface area (Å²) < 4.78 is 27.3. The van der Waals surface area contributed by atoms with E-state index >= 15 is 0 Å². The van der Waals surface area contributed by atoms with Crippen LogP contribution in [0.5, 0.6) is 0 Å². The van der Waals surface area contributed by atoms with E-state index in [9.17, 15) is 8.78 Å². The molecule has 1 unspecified atom stereocenters. The van der Waals surface area contributed by atoms with Gasteiger partial charge in [-0.15, -0.1) is 0 Å². The standard InChI is InChI=1S/C13H17F2N/c14-12-4-2-1-3-11(12)13(15)9-10-5-7-16-8-6-10/h1-4,10,13,16H,5-9H2. The van der Waals surface area contributed by atoms with Gasteiger partial charge in [0.05, 0.1) is 0 Å². The van der Waals surface area contributed by atoms with Gasteiger partial charge in [-0.2, -0.15) is 0 Å². The number of rotatable bonds is 3. The third-order valence-corrected chi connectivity index (χ3v) is 3.24. The molecular formula is C13H17F2N. The zero-order chi connectivity index (χ0) is 11.4. The molecule has 2 rings (SSSR count). The first-order valence-corrected chi connectivity index (χ1v) is 5.86. The van der Waals surface area contributed by atoms with E-state index in [4.69, 9.17) is 0 Å². The van der Waals surface area contributed by atoms with Gasteiger partial charge in [0.15, 0.2) is 0 Å². The van der Waals surface area contributed by atoms with Crippen molar-refractivity contribution in [2.75, 3.05) is 13.1 Å². The zero-order valence-electron chi connectivity index (χ0n) is 9.26. The second-order valence-corrected chi connectivity index (χ2v) is 4.42. The van der Waals surface area contributed by atoms with Gasteiger partial charge in [-0.05, 0) is 44.3 Å². The molecule has 1 aromatic carbocycles. The summed E-state index contributed by atoms with van der Waals surface area (Å²) in [7, 11) is 0. The highest BCUT2D eigenvalue weighted by Crippen LogP contribution is 2.30. The smallest absolute Gasteiger partial charge is 0.129 e. The number of nitrogens with one attached hydrogen (secondary N) is 1. The molecule has 0 aromatic heterocycles. The van der Waals surface area contributed by atoms with Gasteiger partial charge in [-0.1, -0.05) is 18.2 Å². The molecule has 1 fully saturated rings.